The first-order valence-corrected chi connectivity index (χ1v) is 10.3. The van der Waals surface area contributed by atoms with Crippen LogP contribution >= 0.6 is 0 Å². The number of halogens is 3. The topological polar surface area (TPSA) is 29.0 Å². The number of aryl methyl sites for hydroxylation is 3. The number of fused-ring (bicyclic) bond motifs is 1. The normalized spacial score (nSPS) is 18.2. The molecule has 0 aliphatic carbocycles. The van der Waals surface area contributed by atoms with Crippen LogP contribution in [0.2, 0.25) is 0 Å². The van der Waals surface area contributed by atoms with Gasteiger partial charge in [-0.25, -0.2) is 0 Å². The van der Waals surface area contributed by atoms with Crippen LogP contribution in [0.3, 0.4) is 0 Å². The number of likely N-dealkylation sites (tertiary alicyclic amines) is 1. The molecular formula is C24H26F3N3. The molecule has 1 saturated heterocycles. The maximum absolute atomic E-state index is 13.2. The van der Waals surface area contributed by atoms with Crippen LogP contribution < -0.4 is 0 Å². The summed E-state index contributed by atoms with van der Waals surface area (Å²) in [5.41, 5.74) is 4.95. The number of nitrogens with zero attached hydrogens (tertiary/aromatic N) is 3. The second-order valence-electron chi connectivity index (χ2n) is 8.50. The Hall–Kier alpha value is -2.47. The van der Waals surface area contributed by atoms with Gasteiger partial charge in [-0.15, -0.1) is 10.2 Å². The van der Waals surface area contributed by atoms with E-state index in [2.05, 4.69) is 34.3 Å². The zero-order chi connectivity index (χ0) is 21.6. The van der Waals surface area contributed by atoms with Crippen molar-refractivity contribution < 1.29 is 13.2 Å². The van der Waals surface area contributed by atoms with Crippen molar-refractivity contribution in [2.75, 3.05) is 20.1 Å². The molecule has 6 heteroatoms. The van der Waals surface area contributed by atoms with Crippen molar-refractivity contribution >= 4 is 10.9 Å². The van der Waals surface area contributed by atoms with Gasteiger partial charge in [0, 0.05) is 17.5 Å². The molecule has 1 atom stereocenters. The van der Waals surface area contributed by atoms with Gasteiger partial charge in [0.15, 0.2) is 0 Å². The Balaban J connectivity index is 1.84. The second kappa shape index (κ2) is 7.65. The zero-order valence-corrected chi connectivity index (χ0v) is 17.8. The summed E-state index contributed by atoms with van der Waals surface area (Å²) in [4.78, 5) is 2.34. The van der Waals surface area contributed by atoms with Gasteiger partial charge < -0.3 is 4.90 Å². The maximum Gasteiger partial charge on any atom is 0.416 e. The Morgan fingerprint density at radius 3 is 2.37 bits per heavy atom. The number of benzene rings is 2. The van der Waals surface area contributed by atoms with Gasteiger partial charge >= 0.3 is 6.18 Å². The van der Waals surface area contributed by atoms with Crippen molar-refractivity contribution in [1.29, 1.82) is 0 Å². The van der Waals surface area contributed by atoms with E-state index in [9.17, 15) is 13.2 Å². The summed E-state index contributed by atoms with van der Waals surface area (Å²) in [5.74, 6) is 0.418. The average molecular weight is 413 g/mol. The third-order valence-electron chi connectivity index (χ3n) is 6.24. The summed E-state index contributed by atoms with van der Waals surface area (Å²) in [5, 5.41) is 10.1. The summed E-state index contributed by atoms with van der Waals surface area (Å²) in [6.45, 7) is 7.51. The first-order valence-electron chi connectivity index (χ1n) is 10.3. The van der Waals surface area contributed by atoms with Crippen LogP contribution in [-0.4, -0.2) is 35.2 Å². The number of piperidine rings is 1. The molecule has 3 nitrogen and oxygen atoms in total. The molecule has 4 rings (SSSR count). The van der Waals surface area contributed by atoms with Crippen LogP contribution in [0, 0.1) is 20.8 Å². The minimum atomic E-state index is -4.36. The third-order valence-corrected chi connectivity index (χ3v) is 6.24. The van der Waals surface area contributed by atoms with E-state index in [1.54, 1.807) is 13.8 Å². The fourth-order valence-corrected chi connectivity index (χ4v) is 4.77. The molecule has 0 radical (unpaired) electrons. The number of rotatable bonds is 2. The standard InChI is InChI=1S/C24H26F3N3/c1-14-11-18(24(25,26)27)12-15(2)21(14)22-16(3)19-8-5-9-20(23(19)29-28-22)17-7-6-10-30(4)13-17/h5,8-9,11-12,17H,6-7,10,13H2,1-4H3/t17-/m1/s1. The Kier molecular flexibility index (Phi) is 5.30. The number of alkyl halides is 3. The fourth-order valence-electron chi connectivity index (χ4n) is 4.77. The van der Waals surface area contributed by atoms with Crippen LogP contribution in [0.25, 0.3) is 22.2 Å². The van der Waals surface area contributed by atoms with E-state index in [0.717, 1.165) is 48.0 Å². The SMILES string of the molecule is Cc1cc(C(F)(F)F)cc(C)c1-c1nnc2c([C@@H]3CCCN(C)C3)cccc2c1C. The van der Waals surface area contributed by atoms with Crippen LogP contribution in [0.4, 0.5) is 13.2 Å². The lowest BCUT2D eigenvalue weighted by atomic mass is 9.88. The summed E-state index contributed by atoms with van der Waals surface area (Å²) in [7, 11) is 2.14. The second-order valence-corrected chi connectivity index (χ2v) is 8.50. The molecule has 3 aromatic rings. The zero-order valence-electron chi connectivity index (χ0n) is 17.8. The van der Waals surface area contributed by atoms with E-state index in [1.165, 1.54) is 17.7 Å². The first kappa shape index (κ1) is 20.8. The molecule has 0 unspecified atom stereocenters. The molecule has 1 fully saturated rings. The minimum absolute atomic E-state index is 0.418. The van der Waals surface area contributed by atoms with Crippen molar-refractivity contribution in [3.05, 3.63) is 58.1 Å². The van der Waals surface area contributed by atoms with E-state index in [-0.39, 0.29) is 0 Å². The van der Waals surface area contributed by atoms with Gasteiger partial charge in [0.05, 0.1) is 16.8 Å². The van der Waals surface area contributed by atoms with E-state index < -0.39 is 11.7 Å². The molecule has 2 aromatic carbocycles. The number of hydrogen-bond donors (Lipinski definition) is 0. The Bertz CT molecular complexity index is 1080. The van der Waals surface area contributed by atoms with Crippen LogP contribution in [0.5, 0.6) is 0 Å². The largest absolute Gasteiger partial charge is 0.416 e. The van der Waals surface area contributed by atoms with Crippen molar-refractivity contribution in [3.8, 4) is 11.3 Å². The minimum Gasteiger partial charge on any atom is -0.306 e. The predicted octanol–water partition coefficient (Wildman–Crippen LogP) is 6.05. The van der Waals surface area contributed by atoms with E-state index in [4.69, 9.17) is 0 Å². The molecule has 2 heterocycles. The summed E-state index contributed by atoms with van der Waals surface area (Å²) < 4.78 is 39.6. The maximum atomic E-state index is 13.2. The first-order chi connectivity index (χ1) is 14.2. The lowest BCUT2D eigenvalue weighted by Crippen LogP contribution is -2.31. The van der Waals surface area contributed by atoms with Gasteiger partial charge in [-0.2, -0.15) is 13.2 Å². The highest BCUT2D eigenvalue weighted by Gasteiger charge is 2.32. The van der Waals surface area contributed by atoms with E-state index in [1.807, 2.05) is 13.0 Å². The molecular weight excluding hydrogens is 387 g/mol. The Labute approximate surface area is 174 Å². The van der Waals surface area contributed by atoms with E-state index in [0.29, 0.717) is 22.7 Å². The monoisotopic (exact) mass is 413 g/mol. The van der Waals surface area contributed by atoms with Crippen molar-refractivity contribution in [2.45, 2.75) is 45.7 Å². The smallest absolute Gasteiger partial charge is 0.306 e. The average Bonchev–Trinajstić information content (AvgIpc) is 2.68. The molecule has 0 N–H and O–H groups in total. The Morgan fingerprint density at radius 2 is 1.73 bits per heavy atom. The van der Waals surface area contributed by atoms with Crippen LogP contribution in [-0.2, 0) is 6.18 Å². The van der Waals surface area contributed by atoms with Crippen LogP contribution in [0.1, 0.15) is 46.6 Å². The molecule has 0 saturated carbocycles. The molecule has 30 heavy (non-hydrogen) atoms. The molecule has 0 amide bonds. The third kappa shape index (κ3) is 3.69. The number of likely N-dealkylation sites (N-methyl/N-ethyl adjacent to an activating group) is 1. The molecule has 1 aliphatic rings. The van der Waals surface area contributed by atoms with Crippen molar-refractivity contribution in [2.24, 2.45) is 0 Å². The van der Waals surface area contributed by atoms with E-state index >= 15 is 0 Å². The highest BCUT2D eigenvalue weighted by Crippen LogP contribution is 2.38. The Morgan fingerprint density at radius 1 is 1.03 bits per heavy atom. The molecule has 1 aromatic heterocycles. The van der Waals surface area contributed by atoms with Gasteiger partial charge in [-0.1, -0.05) is 18.2 Å². The highest BCUT2D eigenvalue weighted by molar-refractivity contribution is 5.90. The summed E-state index contributed by atoms with van der Waals surface area (Å²) >= 11 is 0. The molecule has 0 bridgehead atoms. The number of hydrogen-bond acceptors (Lipinski definition) is 3. The van der Waals surface area contributed by atoms with Crippen molar-refractivity contribution in [3.63, 3.8) is 0 Å². The molecule has 0 spiro atoms. The number of aromatic nitrogens is 2. The summed E-state index contributed by atoms with van der Waals surface area (Å²) in [6, 6.07) is 8.61. The lowest BCUT2D eigenvalue weighted by molar-refractivity contribution is -0.137. The van der Waals surface area contributed by atoms with Gasteiger partial charge in [0.1, 0.15) is 0 Å². The lowest BCUT2D eigenvalue weighted by Gasteiger charge is -2.30. The molecule has 158 valence electrons. The molecule has 1 aliphatic heterocycles. The summed E-state index contributed by atoms with van der Waals surface area (Å²) in [6.07, 6.45) is -2.07. The fraction of sp³-hybridized carbons (Fsp3) is 0.417. The quantitative estimate of drug-likeness (QED) is 0.512. The van der Waals surface area contributed by atoms with Gasteiger partial charge in [-0.05, 0) is 87.5 Å². The van der Waals surface area contributed by atoms with Gasteiger partial charge in [-0.3, -0.25) is 0 Å². The van der Waals surface area contributed by atoms with Gasteiger partial charge in [0.2, 0.25) is 0 Å². The van der Waals surface area contributed by atoms with Crippen LogP contribution in [0.15, 0.2) is 30.3 Å². The van der Waals surface area contributed by atoms with Gasteiger partial charge in [0.25, 0.3) is 0 Å². The highest BCUT2D eigenvalue weighted by atomic mass is 19.4. The predicted molar refractivity (Wildman–Crippen MR) is 114 cm³/mol. The van der Waals surface area contributed by atoms with Crippen molar-refractivity contribution in [1.82, 2.24) is 15.1 Å².